The average molecular weight is 657 g/mol. The smallest absolute Gasteiger partial charge is 0.252 e. The zero-order valence-electron chi connectivity index (χ0n) is 24.7. The number of nitrogens with zero attached hydrogens (tertiary/aromatic N) is 4. The first-order valence-corrected chi connectivity index (χ1v) is 15.4. The third-order valence-electron chi connectivity index (χ3n) is 7.38. The van der Waals surface area contributed by atoms with E-state index in [0.717, 1.165) is 11.1 Å². The van der Waals surface area contributed by atoms with E-state index in [0.29, 0.717) is 45.6 Å². The molecule has 46 heavy (non-hydrogen) atoms. The minimum Gasteiger partial charge on any atom is -0.494 e. The Balaban J connectivity index is 1.57. The quantitative estimate of drug-likeness (QED) is 0.0648. The molecule has 1 heterocycles. The number of aliphatic hydroxyl groups is 1. The normalized spacial score (nSPS) is 17.2. The van der Waals surface area contributed by atoms with Gasteiger partial charge in [-0.25, -0.2) is 4.99 Å². The van der Waals surface area contributed by atoms with Crippen LogP contribution in [0.25, 0.3) is 16.5 Å². The Morgan fingerprint density at radius 1 is 1.04 bits per heavy atom. The van der Waals surface area contributed by atoms with Gasteiger partial charge in [0, 0.05) is 47.7 Å². The average Bonchev–Trinajstić information content (AvgIpc) is 3.47. The zero-order chi connectivity index (χ0) is 32.4. The van der Waals surface area contributed by atoms with E-state index in [9.17, 15) is 10.3 Å². The van der Waals surface area contributed by atoms with E-state index in [1.54, 1.807) is 66.7 Å². The first-order valence-electron chi connectivity index (χ1n) is 14.6. The Bertz CT molecular complexity index is 1780. The molecule has 4 aromatic carbocycles. The third-order valence-corrected chi connectivity index (χ3v) is 8.12. The topological polar surface area (TPSA) is 129 Å². The minimum atomic E-state index is -1.49. The summed E-state index contributed by atoms with van der Waals surface area (Å²) in [6, 6.07) is 29.0. The monoisotopic (exact) mass is 655 g/mol. The zero-order valence-corrected chi connectivity index (χ0v) is 26.2. The molecule has 2 atom stereocenters. The van der Waals surface area contributed by atoms with E-state index < -0.39 is 17.6 Å². The van der Waals surface area contributed by atoms with Gasteiger partial charge < -0.3 is 19.9 Å². The van der Waals surface area contributed by atoms with Gasteiger partial charge in [0.25, 0.3) is 5.91 Å². The highest BCUT2D eigenvalue weighted by atomic mass is 35.5. The molecule has 234 valence electrons. The maximum Gasteiger partial charge on any atom is 0.252 e. The summed E-state index contributed by atoms with van der Waals surface area (Å²) in [5.41, 5.74) is 11.0. The molecule has 0 fully saturated rings. The fourth-order valence-corrected chi connectivity index (χ4v) is 5.39. The van der Waals surface area contributed by atoms with Crippen molar-refractivity contribution in [3.63, 3.8) is 0 Å². The lowest BCUT2D eigenvalue weighted by atomic mass is 9.83. The lowest BCUT2D eigenvalue weighted by molar-refractivity contribution is -0.129. The molecule has 2 N–H and O–H groups in total. The summed E-state index contributed by atoms with van der Waals surface area (Å²) in [6.07, 6.45) is 3.55. The van der Waals surface area contributed by atoms with E-state index >= 15 is 0 Å². The van der Waals surface area contributed by atoms with Crippen LogP contribution in [0.5, 0.6) is 5.75 Å². The molecular weight excluding hydrogens is 625 g/mol. The van der Waals surface area contributed by atoms with Crippen molar-refractivity contribution in [1.29, 1.82) is 0 Å². The van der Waals surface area contributed by atoms with Gasteiger partial charge in [0.1, 0.15) is 5.75 Å². The van der Waals surface area contributed by atoms with Crippen molar-refractivity contribution in [2.45, 2.75) is 31.0 Å². The summed E-state index contributed by atoms with van der Waals surface area (Å²) in [5.74, 6) is 0.480. The highest BCUT2D eigenvalue weighted by Gasteiger charge is 2.53. The van der Waals surface area contributed by atoms with Crippen molar-refractivity contribution in [2.75, 3.05) is 13.2 Å². The molecule has 1 aliphatic rings. The number of benzene rings is 4. The van der Waals surface area contributed by atoms with Crippen LogP contribution in [-0.4, -0.2) is 35.7 Å². The molecule has 4 aromatic rings. The Labute approximate surface area is 276 Å². The fraction of sp³-hybridized carbons (Fsp3) is 0.200. The minimum absolute atomic E-state index is 0.0371. The van der Waals surface area contributed by atoms with Crippen molar-refractivity contribution in [3.8, 4) is 5.75 Å². The number of carbonyl (C=O) groups is 1. The molecule has 0 unspecified atom stereocenters. The Kier molecular flexibility index (Phi) is 11.0. The predicted octanol–water partition coefficient (Wildman–Crippen LogP) is 8.37. The van der Waals surface area contributed by atoms with E-state index in [-0.39, 0.29) is 25.5 Å². The van der Waals surface area contributed by atoms with E-state index in [2.05, 4.69) is 15.3 Å². The molecule has 0 aliphatic carbocycles. The van der Waals surface area contributed by atoms with Gasteiger partial charge in [-0.15, -0.1) is 0 Å². The standard InChI is InChI=1S/C35H31Cl2N5O4/c36-29-18-13-25(22-30(29)37)23-39-34(44)35(19-6-10-24-8-2-1-3-9-24)32(28-11-4-5-12-31(28)41-42-38)46-33(40-35)26-14-16-27(17-15-26)45-21-7-20-43/h1-6,8-18,22,32,43H,7,19-21,23H2,(H,39,44)/b10-6+/t32-,35-/m1/s1. The van der Waals surface area contributed by atoms with Gasteiger partial charge in [-0.1, -0.05) is 101 Å². The summed E-state index contributed by atoms with van der Waals surface area (Å²) in [6.45, 7) is 0.575. The molecular formula is C35H31Cl2N5O4. The number of amides is 1. The number of nitrogens with one attached hydrogen (secondary N) is 1. The van der Waals surface area contributed by atoms with Gasteiger partial charge in [0.05, 0.1) is 16.7 Å². The molecule has 9 nitrogen and oxygen atoms in total. The second-order valence-corrected chi connectivity index (χ2v) is 11.3. The van der Waals surface area contributed by atoms with Crippen LogP contribution in [0.2, 0.25) is 10.0 Å². The number of aliphatic imine (C=N–C) groups is 1. The lowest BCUT2D eigenvalue weighted by Crippen LogP contribution is -2.47. The maximum atomic E-state index is 14.4. The number of halogens is 2. The molecule has 0 radical (unpaired) electrons. The summed E-state index contributed by atoms with van der Waals surface area (Å²) in [5, 5.41) is 16.8. The second kappa shape index (κ2) is 15.5. The molecule has 0 saturated carbocycles. The molecule has 0 bridgehead atoms. The molecule has 1 amide bonds. The van der Waals surface area contributed by atoms with Crippen LogP contribution >= 0.6 is 23.2 Å². The highest BCUT2D eigenvalue weighted by molar-refractivity contribution is 6.42. The summed E-state index contributed by atoms with van der Waals surface area (Å²) in [7, 11) is 0. The van der Waals surface area contributed by atoms with Crippen LogP contribution in [0.3, 0.4) is 0 Å². The molecule has 0 aromatic heterocycles. The summed E-state index contributed by atoms with van der Waals surface area (Å²) >= 11 is 12.3. The van der Waals surface area contributed by atoms with Crippen molar-refractivity contribution in [2.24, 2.45) is 10.1 Å². The SMILES string of the molecule is [N-]=[N+]=Nc1ccccc1[C@H]1OC(c2ccc(OCCCO)cc2)=N[C@@]1(C/C=C/c1ccccc1)C(=O)NCc1ccc(Cl)c(Cl)c1. The van der Waals surface area contributed by atoms with Crippen LogP contribution in [0.1, 0.15) is 41.2 Å². The number of rotatable bonds is 13. The number of ether oxygens (including phenoxy) is 2. The Morgan fingerprint density at radius 3 is 2.54 bits per heavy atom. The van der Waals surface area contributed by atoms with Crippen LogP contribution in [0.15, 0.2) is 113 Å². The highest BCUT2D eigenvalue weighted by Crippen LogP contribution is 2.46. The van der Waals surface area contributed by atoms with Crippen LogP contribution in [-0.2, 0) is 16.1 Å². The number of hydrogen-bond acceptors (Lipinski definition) is 6. The van der Waals surface area contributed by atoms with Gasteiger partial charge in [-0.2, -0.15) is 0 Å². The van der Waals surface area contributed by atoms with Crippen molar-refractivity contribution < 1.29 is 19.4 Å². The second-order valence-electron chi connectivity index (χ2n) is 10.5. The fourth-order valence-electron chi connectivity index (χ4n) is 5.06. The maximum absolute atomic E-state index is 14.4. The van der Waals surface area contributed by atoms with Gasteiger partial charge in [0.2, 0.25) is 5.90 Å². The largest absolute Gasteiger partial charge is 0.494 e. The van der Waals surface area contributed by atoms with E-state index in [1.807, 2.05) is 42.5 Å². The predicted molar refractivity (Wildman–Crippen MR) is 180 cm³/mol. The Morgan fingerprint density at radius 2 is 1.80 bits per heavy atom. The summed E-state index contributed by atoms with van der Waals surface area (Å²) < 4.78 is 12.2. The first-order chi connectivity index (χ1) is 22.4. The molecule has 5 rings (SSSR count). The van der Waals surface area contributed by atoms with Gasteiger partial charge >= 0.3 is 0 Å². The Hall–Kier alpha value is -4.79. The number of carbonyl (C=O) groups excluding carboxylic acids is 1. The molecule has 0 saturated heterocycles. The van der Waals surface area contributed by atoms with Crippen molar-refractivity contribution in [1.82, 2.24) is 5.32 Å². The molecule has 1 aliphatic heterocycles. The van der Waals surface area contributed by atoms with Crippen LogP contribution in [0, 0.1) is 0 Å². The van der Waals surface area contributed by atoms with E-state index in [1.165, 1.54) is 0 Å². The third kappa shape index (κ3) is 7.70. The van der Waals surface area contributed by atoms with Crippen LogP contribution in [0.4, 0.5) is 5.69 Å². The van der Waals surface area contributed by atoms with E-state index in [4.69, 9.17) is 42.8 Å². The number of hydrogen-bond donors (Lipinski definition) is 2. The lowest BCUT2D eigenvalue weighted by Gasteiger charge is -2.30. The number of aliphatic hydroxyl groups excluding tert-OH is 1. The van der Waals surface area contributed by atoms with Crippen LogP contribution < -0.4 is 10.1 Å². The van der Waals surface area contributed by atoms with Gasteiger partial charge in [0.15, 0.2) is 11.6 Å². The van der Waals surface area contributed by atoms with Crippen molar-refractivity contribution in [3.05, 3.63) is 146 Å². The molecule has 0 spiro atoms. The van der Waals surface area contributed by atoms with Gasteiger partial charge in [-0.05, 0) is 53.1 Å². The summed E-state index contributed by atoms with van der Waals surface area (Å²) in [4.78, 5) is 22.4. The number of azide groups is 1. The van der Waals surface area contributed by atoms with Crippen molar-refractivity contribution >= 4 is 46.8 Å². The first kappa shape index (κ1) is 32.6. The van der Waals surface area contributed by atoms with Gasteiger partial charge in [-0.3, -0.25) is 4.79 Å². The molecule has 11 heteroatoms.